The van der Waals surface area contributed by atoms with E-state index in [0.29, 0.717) is 6.04 Å². The minimum atomic E-state index is 0. The van der Waals surface area contributed by atoms with Crippen molar-refractivity contribution >= 4 is 12.4 Å². The number of nitrogens with one attached hydrogen (secondary N) is 1. The van der Waals surface area contributed by atoms with E-state index in [4.69, 9.17) is 0 Å². The molecule has 0 bridgehead atoms. The lowest BCUT2D eigenvalue weighted by Crippen LogP contribution is -2.33. The Hall–Kier alpha value is -0.580. The van der Waals surface area contributed by atoms with Gasteiger partial charge in [-0.25, -0.2) is 0 Å². The van der Waals surface area contributed by atoms with Crippen molar-refractivity contribution in [3.8, 4) is 0 Å². The quantitative estimate of drug-likeness (QED) is 0.862. The number of aryl methyl sites for hydroxylation is 1. The van der Waals surface area contributed by atoms with E-state index in [1.165, 1.54) is 12.1 Å². The monoisotopic (exact) mass is 244 g/mol. The fraction of sp³-hybridized carbons (Fsp3) is 0.727. The molecule has 1 saturated heterocycles. The molecule has 16 heavy (non-hydrogen) atoms. The highest BCUT2D eigenvalue weighted by Crippen LogP contribution is 2.10. The van der Waals surface area contributed by atoms with Crippen LogP contribution in [0.15, 0.2) is 12.3 Å². The Balaban J connectivity index is 0.00000128. The van der Waals surface area contributed by atoms with Crippen LogP contribution in [0.2, 0.25) is 0 Å². The minimum absolute atomic E-state index is 0. The molecule has 1 aromatic heterocycles. The number of halogens is 1. The predicted molar refractivity (Wildman–Crippen MR) is 67.9 cm³/mol. The highest BCUT2D eigenvalue weighted by molar-refractivity contribution is 5.85. The van der Waals surface area contributed by atoms with E-state index in [2.05, 4.69) is 40.0 Å². The molecule has 2 rings (SSSR count). The molecular formula is C11H21ClN4. The SMILES string of the molecule is CCn1nccc1CN(C)C1CCNC1.Cl. The van der Waals surface area contributed by atoms with Crippen molar-refractivity contribution in [2.75, 3.05) is 20.1 Å². The van der Waals surface area contributed by atoms with E-state index in [1.807, 2.05) is 6.20 Å². The summed E-state index contributed by atoms with van der Waals surface area (Å²) in [6.07, 6.45) is 3.15. The normalized spacial score (nSPS) is 20.1. The first-order valence-corrected chi connectivity index (χ1v) is 5.73. The highest BCUT2D eigenvalue weighted by Gasteiger charge is 2.19. The molecule has 0 radical (unpaired) electrons. The molecular weight excluding hydrogens is 224 g/mol. The third kappa shape index (κ3) is 2.97. The first kappa shape index (κ1) is 13.5. The lowest BCUT2D eigenvalue weighted by Gasteiger charge is -2.23. The number of hydrogen-bond donors (Lipinski definition) is 1. The summed E-state index contributed by atoms with van der Waals surface area (Å²) in [6, 6.07) is 2.80. The summed E-state index contributed by atoms with van der Waals surface area (Å²) in [5.74, 6) is 0. The van der Waals surface area contributed by atoms with Crippen molar-refractivity contribution < 1.29 is 0 Å². The van der Waals surface area contributed by atoms with Gasteiger partial charge in [0, 0.05) is 31.9 Å². The van der Waals surface area contributed by atoms with E-state index >= 15 is 0 Å². The third-order valence-corrected chi connectivity index (χ3v) is 3.17. The lowest BCUT2D eigenvalue weighted by molar-refractivity contribution is 0.241. The van der Waals surface area contributed by atoms with E-state index in [-0.39, 0.29) is 12.4 Å². The summed E-state index contributed by atoms with van der Waals surface area (Å²) >= 11 is 0. The van der Waals surface area contributed by atoms with Crippen LogP contribution >= 0.6 is 12.4 Å². The molecule has 1 N–H and O–H groups in total. The molecule has 92 valence electrons. The average Bonchev–Trinajstić information content (AvgIpc) is 2.87. The Morgan fingerprint density at radius 2 is 2.44 bits per heavy atom. The van der Waals surface area contributed by atoms with Gasteiger partial charge in [0.1, 0.15) is 0 Å². The fourth-order valence-electron chi connectivity index (χ4n) is 2.18. The van der Waals surface area contributed by atoms with Crippen molar-refractivity contribution in [2.24, 2.45) is 0 Å². The first-order valence-electron chi connectivity index (χ1n) is 5.73. The molecule has 1 aromatic rings. The molecule has 0 spiro atoms. The highest BCUT2D eigenvalue weighted by atomic mass is 35.5. The van der Waals surface area contributed by atoms with Crippen LogP contribution in [0.25, 0.3) is 0 Å². The van der Waals surface area contributed by atoms with Crippen molar-refractivity contribution in [1.29, 1.82) is 0 Å². The number of aromatic nitrogens is 2. The number of hydrogen-bond acceptors (Lipinski definition) is 3. The molecule has 1 aliphatic heterocycles. The second-order valence-electron chi connectivity index (χ2n) is 4.20. The molecule has 0 aromatic carbocycles. The molecule has 0 saturated carbocycles. The van der Waals surface area contributed by atoms with Crippen molar-refractivity contribution in [2.45, 2.75) is 32.5 Å². The van der Waals surface area contributed by atoms with E-state index in [0.717, 1.165) is 26.2 Å². The van der Waals surface area contributed by atoms with Gasteiger partial charge in [-0.1, -0.05) is 0 Å². The summed E-state index contributed by atoms with van der Waals surface area (Å²) in [4.78, 5) is 2.42. The number of nitrogens with zero attached hydrogens (tertiary/aromatic N) is 3. The zero-order valence-electron chi connectivity index (χ0n) is 10.0. The Kier molecular flexibility index (Phi) is 5.25. The molecule has 4 nitrogen and oxygen atoms in total. The van der Waals surface area contributed by atoms with Gasteiger partial charge in [-0.15, -0.1) is 12.4 Å². The van der Waals surface area contributed by atoms with Crippen LogP contribution in [0.3, 0.4) is 0 Å². The van der Waals surface area contributed by atoms with Gasteiger partial charge in [0.15, 0.2) is 0 Å². The van der Waals surface area contributed by atoms with Gasteiger partial charge in [0.2, 0.25) is 0 Å². The smallest absolute Gasteiger partial charge is 0.0524 e. The van der Waals surface area contributed by atoms with Gasteiger partial charge < -0.3 is 5.32 Å². The molecule has 5 heteroatoms. The minimum Gasteiger partial charge on any atom is -0.315 e. The van der Waals surface area contributed by atoms with Crippen LogP contribution in [0, 0.1) is 0 Å². The molecule has 1 atom stereocenters. The van der Waals surface area contributed by atoms with Gasteiger partial charge in [0.05, 0.1) is 5.69 Å². The van der Waals surface area contributed by atoms with Crippen LogP contribution in [0.5, 0.6) is 0 Å². The van der Waals surface area contributed by atoms with Crippen molar-refractivity contribution in [3.05, 3.63) is 18.0 Å². The summed E-state index contributed by atoms with van der Waals surface area (Å²) in [7, 11) is 2.20. The fourth-order valence-corrected chi connectivity index (χ4v) is 2.18. The summed E-state index contributed by atoms with van der Waals surface area (Å²) < 4.78 is 2.07. The van der Waals surface area contributed by atoms with Gasteiger partial charge >= 0.3 is 0 Å². The Morgan fingerprint density at radius 3 is 3.06 bits per heavy atom. The van der Waals surface area contributed by atoms with E-state index in [9.17, 15) is 0 Å². The molecule has 2 heterocycles. The van der Waals surface area contributed by atoms with Gasteiger partial charge in [-0.2, -0.15) is 5.10 Å². The van der Waals surface area contributed by atoms with E-state index in [1.54, 1.807) is 0 Å². The summed E-state index contributed by atoms with van der Waals surface area (Å²) in [5, 5.41) is 7.69. The van der Waals surface area contributed by atoms with Gasteiger partial charge in [0.25, 0.3) is 0 Å². The zero-order valence-corrected chi connectivity index (χ0v) is 10.8. The maximum atomic E-state index is 4.29. The molecule has 0 aliphatic carbocycles. The van der Waals surface area contributed by atoms with Crippen molar-refractivity contribution in [1.82, 2.24) is 20.0 Å². The van der Waals surface area contributed by atoms with Crippen LogP contribution in [-0.2, 0) is 13.1 Å². The molecule has 1 unspecified atom stereocenters. The first-order chi connectivity index (χ1) is 7.31. The Labute approximate surface area is 103 Å². The summed E-state index contributed by atoms with van der Waals surface area (Å²) in [5.41, 5.74) is 1.31. The third-order valence-electron chi connectivity index (χ3n) is 3.17. The van der Waals surface area contributed by atoms with Crippen LogP contribution in [0.4, 0.5) is 0 Å². The standard InChI is InChI=1S/C11H20N4.ClH/c1-3-15-11(5-7-13-15)9-14(2)10-4-6-12-8-10;/h5,7,10,12H,3-4,6,8-9H2,1-2H3;1H. The molecule has 1 fully saturated rings. The van der Waals surface area contributed by atoms with Gasteiger partial charge in [-0.3, -0.25) is 9.58 Å². The zero-order chi connectivity index (χ0) is 10.7. The van der Waals surface area contributed by atoms with Crippen LogP contribution < -0.4 is 5.32 Å². The Bertz CT molecular complexity index is 307. The predicted octanol–water partition coefficient (Wildman–Crippen LogP) is 1.12. The second-order valence-corrected chi connectivity index (χ2v) is 4.20. The maximum Gasteiger partial charge on any atom is 0.0524 e. The lowest BCUT2D eigenvalue weighted by atomic mass is 10.2. The molecule has 0 amide bonds. The second kappa shape index (κ2) is 6.23. The van der Waals surface area contributed by atoms with Crippen LogP contribution in [-0.4, -0.2) is 40.9 Å². The largest absolute Gasteiger partial charge is 0.315 e. The number of rotatable bonds is 4. The number of likely N-dealkylation sites (N-methyl/N-ethyl adjacent to an activating group) is 1. The topological polar surface area (TPSA) is 33.1 Å². The van der Waals surface area contributed by atoms with Gasteiger partial charge in [-0.05, 0) is 33.0 Å². The average molecular weight is 245 g/mol. The van der Waals surface area contributed by atoms with E-state index < -0.39 is 0 Å². The van der Waals surface area contributed by atoms with Crippen molar-refractivity contribution in [3.63, 3.8) is 0 Å². The van der Waals surface area contributed by atoms with Crippen LogP contribution in [0.1, 0.15) is 19.0 Å². The molecule has 1 aliphatic rings. The Morgan fingerprint density at radius 1 is 1.62 bits per heavy atom. The maximum absolute atomic E-state index is 4.29. The summed E-state index contributed by atoms with van der Waals surface area (Å²) in [6.45, 7) is 6.37.